The first-order valence-corrected chi connectivity index (χ1v) is 11.1. The standard InChI is InChI=1S/C21H35N5O7/c1-6-13(4)19(22-5)21(32)25-14(9-12(2)3)20(31)24-10-15(27)23-11-18(30)33-26-16(28)7-8-17(26)29/h12-14,19,22H,6-11H2,1-5H3,(H,23,27)(H,24,31)(H,25,32)/t13-,14+,19?/m1/s1. The maximum Gasteiger partial charge on any atom is 0.352 e. The Balaban J connectivity index is 2.54. The molecule has 0 radical (unpaired) electrons. The molecule has 1 aliphatic heterocycles. The van der Waals surface area contributed by atoms with Crippen LogP contribution in [0.3, 0.4) is 0 Å². The van der Waals surface area contributed by atoms with Gasteiger partial charge in [0.1, 0.15) is 12.6 Å². The fourth-order valence-electron chi connectivity index (χ4n) is 3.19. The van der Waals surface area contributed by atoms with Gasteiger partial charge in [-0.3, -0.25) is 24.0 Å². The van der Waals surface area contributed by atoms with E-state index in [1.807, 2.05) is 27.7 Å². The maximum absolute atomic E-state index is 12.6. The molecule has 1 aliphatic rings. The number of carbonyl (C=O) groups excluding carboxylic acids is 6. The Kier molecular flexibility index (Phi) is 11.5. The Hall–Kier alpha value is -3.02. The smallest absolute Gasteiger partial charge is 0.345 e. The highest BCUT2D eigenvalue weighted by atomic mass is 16.7. The predicted octanol–water partition coefficient (Wildman–Crippen LogP) is -1.01. The van der Waals surface area contributed by atoms with E-state index in [1.54, 1.807) is 7.05 Å². The van der Waals surface area contributed by atoms with E-state index in [0.29, 0.717) is 11.5 Å². The average Bonchev–Trinajstić information content (AvgIpc) is 3.07. The molecule has 1 saturated heterocycles. The highest BCUT2D eigenvalue weighted by Crippen LogP contribution is 2.12. The third kappa shape index (κ3) is 9.16. The lowest BCUT2D eigenvalue weighted by Gasteiger charge is -2.26. The highest BCUT2D eigenvalue weighted by Gasteiger charge is 2.33. The van der Waals surface area contributed by atoms with Gasteiger partial charge in [-0.15, -0.1) is 5.06 Å². The lowest BCUT2D eigenvalue weighted by Crippen LogP contribution is -2.55. The van der Waals surface area contributed by atoms with Crippen molar-refractivity contribution in [2.75, 3.05) is 20.1 Å². The fourth-order valence-corrected chi connectivity index (χ4v) is 3.19. The van der Waals surface area contributed by atoms with E-state index in [-0.39, 0.29) is 30.6 Å². The fraction of sp³-hybridized carbons (Fsp3) is 0.714. The number of hydroxylamine groups is 2. The van der Waals surface area contributed by atoms with E-state index in [4.69, 9.17) is 0 Å². The zero-order valence-electron chi connectivity index (χ0n) is 19.9. The van der Waals surface area contributed by atoms with Crippen molar-refractivity contribution in [3.8, 4) is 0 Å². The van der Waals surface area contributed by atoms with Gasteiger partial charge in [0.05, 0.1) is 12.6 Å². The molecule has 1 fully saturated rings. The Morgan fingerprint density at radius 1 is 0.970 bits per heavy atom. The van der Waals surface area contributed by atoms with Crippen LogP contribution in [0.4, 0.5) is 0 Å². The largest absolute Gasteiger partial charge is 0.352 e. The summed E-state index contributed by atoms with van der Waals surface area (Å²) in [7, 11) is 1.68. The van der Waals surface area contributed by atoms with Gasteiger partial charge in [0.25, 0.3) is 11.8 Å². The van der Waals surface area contributed by atoms with Crippen molar-refractivity contribution in [1.82, 2.24) is 26.3 Å². The van der Waals surface area contributed by atoms with Crippen LogP contribution in [0.5, 0.6) is 0 Å². The zero-order valence-corrected chi connectivity index (χ0v) is 19.9. The quantitative estimate of drug-likeness (QED) is 0.249. The third-order valence-electron chi connectivity index (χ3n) is 5.20. The number of nitrogens with zero attached hydrogens (tertiary/aromatic N) is 1. The summed E-state index contributed by atoms with van der Waals surface area (Å²) in [4.78, 5) is 76.5. The molecular weight excluding hydrogens is 434 g/mol. The molecule has 0 aliphatic carbocycles. The molecule has 1 rings (SSSR count). The molecule has 4 N–H and O–H groups in total. The van der Waals surface area contributed by atoms with Gasteiger partial charge >= 0.3 is 5.97 Å². The van der Waals surface area contributed by atoms with Gasteiger partial charge in [0.2, 0.25) is 17.7 Å². The molecule has 33 heavy (non-hydrogen) atoms. The molecule has 12 nitrogen and oxygen atoms in total. The van der Waals surface area contributed by atoms with E-state index in [0.717, 1.165) is 6.42 Å². The van der Waals surface area contributed by atoms with Gasteiger partial charge in [-0.25, -0.2) is 4.79 Å². The molecule has 0 aromatic carbocycles. The second kappa shape index (κ2) is 13.5. The van der Waals surface area contributed by atoms with Gasteiger partial charge < -0.3 is 26.1 Å². The highest BCUT2D eigenvalue weighted by molar-refractivity contribution is 6.01. The van der Waals surface area contributed by atoms with Crippen LogP contribution in [-0.4, -0.2) is 72.8 Å². The van der Waals surface area contributed by atoms with Crippen molar-refractivity contribution >= 4 is 35.5 Å². The molecule has 0 aromatic rings. The van der Waals surface area contributed by atoms with Crippen LogP contribution in [0.1, 0.15) is 53.4 Å². The minimum Gasteiger partial charge on any atom is -0.345 e. The van der Waals surface area contributed by atoms with Gasteiger partial charge in [-0.1, -0.05) is 34.1 Å². The van der Waals surface area contributed by atoms with E-state index in [2.05, 4.69) is 26.1 Å². The van der Waals surface area contributed by atoms with E-state index >= 15 is 0 Å². The van der Waals surface area contributed by atoms with E-state index in [1.165, 1.54) is 0 Å². The predicted molar refractivity (Wildman–Crippen MR) is 117 cm³/mol. The van der Waals surface area contributed by atoms with Gasteiger partial charge in [0, 0.05) is 12.8 Å². The molecule has 0 spiro atoms. The Labute approximate surface area is 193 Å². The summed E-state index contributed by atoms with van der Waals surface area (Å²) in [6, 6.07) is -1.29. The van der Waals surface area contributed by atoms with Crippen LogP contribution in [-0.2, 0) is 33.6 Å². The van der Waals surface area contributed by atoms with Crippen LogP contribution in [0.15, 0.2) is 0 Å². The monoisotopic (exact) mass is 469 g/mol. The molecule has 1 heterocycles. The molecule has 3 atom stereocenters. The van der Waals surface area contributed by atoms with Gasteiger partial charge in [-0.05, 0) is 25.3 Å². The van der Waals surface area contributed by atoms with Crippen molar-refractivity contribution in [1.29, 1.82) is 0 Å². The number of amides is 5. The molecule has 0 bridgehead atoms. The lowest BCUT2D eigenvalue weighted by molar-refractivity contribution is -0.196. The number of likely N-dealkylation sites (N-methyl/N-ethyl adjacent to an activating group) is 1. The van der Waals surface area contributed by atoms with Crippen molar-refractivity contribution in [2.24, 2.45) is 11.8 Å². The van der Waals surface area contributed by atoms with Gasteiger partial charge in [0.15, 0.2) is 0 Å². The Morgan fingerprint density at radius 2 is 1.58 bits per heavy atom. The minimum absolute atomic E-state index is 0.0367. The summed E-state index contributed by atoms with van der Waals surface area (Å²) in [5.74, 6) is -3.58. The first-order chi connectivity index (χ1) is 15.5. The molecule has 186 valence electrons. The van der Waals surface area contributed by atoms with Crippen LogP contribution in [0, 0.1) is 11.8 Å². The number of hydrogen-bond acceptors (Lipinski definition) is 8. The van der Waals surface area contributed by atoms with Crippen molar-refractivity contribution < 1.29 is 33.6 Å². The van der Waals surface area contributed by atoms with E-state index < -0.39 is 54.8 Å². The molecule has 0 aromatic heterocycles. The number of nitrogens with one attached hydrogen (secondary N) is 4. The molecule has 5 amide bonds. The molecule has 0 saturated carbocycles. The Bertz CT molecular complexity index is 739. The topological polar surface area (TPSA) is 163 Å². The Morgan fingerprint density at radius 3 is 2.09 bits per heavy atom. The van der Waals surface area contributed by atoms with Crippen LogP contribution in [0.2, 0.25) is 0 Å². The summed E-state index contributed by atoms with van der Waals surface area (Å²) < 4.78 is 0. The number of carbonyl (C=O) groups is 6. The molecule has 12 heteroatoms. The van der Waals surface area contributed by atoms with Crippen LogP contribution < -0.4 is 21.3 Å². The van der Waals surface area contributed by atoms with Gasteiger partial charge in [-0.2, -0.15) is 0 Å². The normalized spacial score (nSPS) is 16.2. The summed E-state index contributed by atoms with van der Waals surface area (Å²) >= 11 is 0. The van der Waals surface area contributed by atoms with Crippen molar-refractivity contribution in [2.45, 2.75) is 65.5 Å². The van der Waals surface area contributed by atoms with Crippen LogP contribution in [0.25, 0.3) is 0 Å². The maximum atomic E-state index is 12.6. The first-order valence-electron chi connectivity index (χ1n) is 11.1. The third-order valence-corrected chi connectivity index (χ3v) is 5.20. The SMILES string of the molecule is CC[C@@H](C)C(NC)C(=O)N[C@@H](CC(C)C)C(=O)NCC(=O)NCC(=O)ON1C(=O)CCC1=O. The summed E-state index contributed by atoms with van der Waals surface area (Å²) in [5, 5.41) is 10.8. The number of hydrogen-bond donors (Lipinski definition) is 4. The minimum atomic E-state index is -0.994. The first kappa shape index (κ1) is 28.0. The lowest BCUT2D eigenvalue weighted by atomic mass is 9.97. The summed E-state index contributed by atoms with van der Waals surface area (Å²) in [5.41, 5.74) is 0. The average molecular weight is 470 g/mol. The molecule has 1 unspecified atom stereocenters. The summed E-state index contributed by atoms with van der Waals surface area (Å²) in [6.45, 7) is 6.70. The summed E-state index contributed by atoms with van der Waals surface area (Å²) in [6.07, 6.45) is 1.08. The number of rotatable bonds is 13. The molecular formula is C21H35N5O7. The van der Waals surface area contributed by atoms with Crippen LogP contribution >= 0.6 is 0 Å². The van der Waals surface area contributed by atoms with E-state index in [9.17, 15) is 28.8 Å². The zero-order chi connectivity index (χ0) is 25.1. The number of imide groups is 1. The van der Waals surface area contributed by atoms with Crippen molar-refractivity contribution in [3.05, 3.63) is 0 Å². The van der Waals surface area contributed by atoms with Crippen molar-refractivity contribution in [3.63, 3.8) is 0 Å². The second-order valence-corrected chi connectivity index (χ2v) is 8.38. The second-order valence-electron chi connectivity index (χ2n) is 8.38.